The Labute approximate surface area is 131 Å². The molecule has 0 radical (unpaired) electrons. The van der Waals surface area contributed by atoms with Crippen LogP contribution in [-0.4, -0.2) is 6.04 Å². The SMILES string of the molecule is CCc1cccc(NC2CCCCCCCCCCC2)c1. The highest BCUT2D eigenvalue weighted by molar-refractivity contribution is 5.46. The van der Waals surface area contributed by atoms with Gasteiger partial charge in [0.1, 0.15) is 0 Å². The Morgan fingerprint density at radius 3 is 2.00 bits per heavy atom. The molecule has 0 spiro atoms. The van der Waals surface area contributed by atoms with Crippen molar-refractivity contribution >= 4 is 5.69 Å². The fraction of sp³-hybridized carbons (Fsp3) is 0.700. The molecule has 0 aromatic heterocycles. The molecular formula is C20H33N. The van der Waals surface area contributed by atoms with Crippen molar-refractivity contribution in [1.29, 1.82) is 0 Å². The van der Waals surface area contributed by atoms with E-state index in [-0.39, 0.29) is 0 Å². The number of aryl methyl sites for hydroxylation is 1. The molecule has 1 aliphatic carbocycles. The Morgan fingerprint density at radius 2 is 1.43 bits per heavy atom. The van der Waals surface area contributed by atoms with Gasteiger partial charge in [-0.05, 0) is 37.0 Å². The number of nitrogens with one attached hydrogen (secondary N) is 1. The molecule has 1 aromatic rings. The van der Waals surface area contributed by atoms with Crippen molar-refractivity contribution in [2.75, 3.05) is 5.32 Å². The maximum atomic E-state index is 3.81. The lowest BCUT2D eigenvalue weighted by Crippen LogP contribution is -2.19. The quantitative estimate of drug-likeness (QED) is 0.684. The summed E-state index contributed by atoms with van der Waals surface area (Å²) < 4.78 is 0. The van der Waals surface area contributed by atoms with Crippen LogP contribution in [0.3, 0.4) is 0 Å². The summed E-state index contributed by atoms with van der Waals surface area (Å²) in [5.41, 5.74) is 2.76. The van der Waals surface area contributed by atoms with Gasteiger partial charge in [0.25, 0.3) is 0 Å². The van der Waals surface area contributed by atoms with Gasteiger partial charge in [-0.3, -0.25) is 0 Å². The molecule has 0 unspecified atom stereocenters. The van der Waals surface area contributed by atoms with E-state index in [0.717, 1.165) is 6.42 Å². The predicted octanol–water partition coefficient (Wildman–Crippen LogP) is 6.33. The predicted molar refractivity (Wildman–Crippen MR) is 94.0 cm³/mol. The lowest BCUT2D eigenvalue weighted by atomic mass is 9.97. The van der Waals surface area contributed by atoms with Crippen LogP contribution >= 0.6 is 0 Å². The van der Waals surface area contributed by atoms with Crippen LogP contribution in [0.15, 0.2) is 24.3 Å². The van der Waals surface area contributed by atoms with Gasteiger partial charge in [0, 0.05) is 11.7 Å². The normalized spacial score (nSPS) is 19.5. The van der Waals surface area contributed by atoms with Gasteiger partial charge >= 0.3 is 0 Å². The Kier molecular flexibility index (Phi) is 7.70. The summed E-state index contributed by atoms with van der Waals surface area (Å²) in [5.74, 6) is 0. The van der Waals surface area contributed by atoms with Crippen molar-refractivity contribution in [2.24, 2.45) is 0 Å². The van der Waals surface area contributed by atoms with Crippen molar-refractivity contribution in [1.82, 2.24) is 0 Å². The number of rotatable bonds is 3. The summed E-state index contributed by atoms with van der Waals surface area (Å²) in [7, 11) is 0. The highest BCUT2D eigenvalue weighted by Gasteiger charge is 2.09. The van der Waals surface area contributed by atoms with E-state index in [9.17, 15) is 0 Å². The van der Waals surface area contributed by atoms with Crippen LogP contribution in [0.4, 0.5) is 5.69 Å². The average molecular weight is 287 g/mol. The zero-order chi connectivity index (χ0) is 14.8. The smallest absolute Gasteiger partial charge is 0.0345 e. The molecule has 0 atom stereocenters. The molecule has 2 rings (SSSR count). The number of hydrogen-bond acceptors (Lipinski definition) is 1. The summed E-state index contributed by atoms with van der Waals surface area (Å²) in [6.07, 6.45) is 16.7. The van der Waals surface area contributed by atoms with E-state index in [2.05, 4.69) is 36.5 Å². The van der Waals surface area contributed by atoms with Crippen molar-refractivity contribution in [2.45, 2.75) is 90.0 Å². The highest BCUT2D eigenvalue weighted by Crippen LogP contribution is 2.20. The standard InChI is InChI=1S/C20H33N/c1-2-18-13-12-16-20(17-18)21-19-14-10-8-6-4-3-5-7-9-11-15-19/h12-13,16-17,19,21H,2-11,14-15H2,1H3. The van der Waals surface area contributed by atoms with Gasteiger partial charge in [0.15, 0.2) is 0 Å². The molecule has 21 heavy (non-hydrogen) atoms. The molecule has 0 heterocycles. The minimum Gasteiger partial charge on any atom is -0.382 e. The van der Waals surface area contributed by atoms with Gasteiger partial charge in [-0.15, -0.1) is 0 Å². The summed E-state index contributed by atoms with van der Waals surface area (Å²) >= 11 is 0. The van der Waals surface area contributed by atoms with Gasteiger partial charge in [-0.25, -0.2) is 0 Å². The first-order valence-electron chi connectivity index (χ1n) is 9.24. The minimum absolute atomic E-state index is 0.677. The molecule has 1 aromatic carbocycles. The van der Waals surface area contributed by atoms with Crippen LogP contribution < -0.4 is 5.32 Å². The van der Waals surface area contributed by atoms with E-state index in [0.29, 0.717) is 6.04 Å². The third-order valence-electron chi connectivity index (χ3n) is 4.81. The molecule has 118 valence electrons. The molecule has 0 amide bonds. The molecule has 1 nitrogen and oxygen atoms in total. The molecule has 1 heteroatoms. The number of hydrogen-bond donors (Lipinski definition) is 1. The lowest BCUT2D eigenvalue weighted by Gasteiger charge is -2.21. The third kappa shape index (κ3) is 6.54. The van der Waals surface area contributed by atoms with Crippen LogP contribution in [0.2, 0.25) is 0 Å². The van der Waals surface area contributed by atoms with Gasteiger partial charge < -0.3 is 5.32 Å². The molecule has 1 saturated carbocycles. The molecule has 1 aliphatic rings. The fourth-order valence-corrected chi connectivity index (χ4v) is 3.42. The van der Waals surface area contributed by atoms with Gasteiger partial charge in [-0.1, -0.05) is 76.8 Å². The minimum atomic E-state index is 0.677. The van der Waals surface area contributed by atoms with Crippen molar-refractivity contribution in [3.63, 3.8) is 0 Å². The van der Waals surface area contributed by atoms with Crippen molar-refractivity contribution in [3.8, 4) is 0 Å². The highest BCUT2D eigenvalue weighted by atomic mass is 14.9. The summed E-state index contributed by atoms with van der Waals surface area (Å²) in [6, 6.07) is 9.66. The Bertz CT molecular complexity index is 373. The summed E-state index contributed by atoms with van der Waals surface area (Å²) in [4.78, 5) is 0. The first-order valence-corrected chi connectivity index (χ1v) is 9.24. The monoisotopic (exact) mass is 287 g/mol. The van der Waals surface area contributed by atoms with E-state index >= 15 is 0 Å². The molecule has 0 aliphatic heterocycles. The van der Waals surface area contributed by atoms with Crippen LogP contribution in [0.1, 0.15) is 83.1 Å². The molecular weight excluding hydrogens is 254 g/mol. The lowest BCUT2D eigenvalue weighted by molar-refractivity contribution is 0.480. The van der Waals surface area contributed by atoms with Crippen LogP contribution in [-0.2, 0) is 6.42 Å². The van der Waals surface area contributed by atoms with Gasteiger partial charge in [0.05, 0.1) is 0 Å². The first kappa shape index (κ1) is 16.4. The maximum Gasteiger partial charge on any atom is 0.0345 e. The second kappa shape index (κ2) is 9.87. The Morgan fingerprint density at radius 1 is 0.857 bits per heavy atom. The summed E-state index contributed by atoms with van der Waals surface area (Å²) in [5, 5.41) is 3.81. The van der Waals surface area contributed by atoms with Crippen molar-refractivity contribution in [3.05, 3.63) is 29.8 Å². The molecule has 0 bridgehead atoms. The zero-order valence-corrected chi connectivity index (χ0v) is 13.9. The Balaban J connectivity index is 1.87. The van der Waals surface area contributed by atoms with Gasteiger partial charge in [0.2, 0.25) is 0 Å². The number of benzene rings is 1. The first-order chi connectivity index (χ1) is 10.4. The summed E-state index contributed by atoms with van der Waals surface area (Å²) in [6.45, 7) is 2.23. The largest absolute Gasteiger partial charge is 0.382 e. The van der Waals surface area contributed by atoms with E-state index in [1.54, 1.807) is 0 Å². The molecule has 1 N–H and O–H groups in total. The van der Waals surface area contributed by atoms with Crippen molar-refractivity contribution < 1.29 is 0 Å². The average Bonchev–Trinajstić information content (AvgIpc) is 2.50. The third-order valence-corrected chi connectivity index (χ3v) is 4.81. The van der Waals surface area contributed by atoms with E-state index < -0.39 is 0 Å². The zero-order valence-electron chi connectivity index (χ0n) is 13.9. The maximum absolute atomic E-state index is 3.81. The second-order valence-corrected chi connectivity index (χ2v) is 6.65. The van der Waals surface area contributed by atoms with Crippen LogP contribution in [0.5, 0.6) is 0 Å². The topological polar surface area (TPSA) is 12.0 Å². The molecule has 0 saturated heterocycles. The van der Waals surface area contributed by atoms with Gasteiger partial charge in [-0.2, -0.15) is 0 Å². The second-order valence-electron chi connectivity index (χ2n) is 6.65. The van der Waals surface area contributed by atoms with Crippen LogP contribution in [0, 0.1) is 0 Å². The van der Waals surface area contributed by atoms with E-state index in [1.165, 1.54) is 81.9 Å². The van der Waals surface area contributed by atoms with E-state index in [4.69, 9.17) is 0 Å². The molecule has 1 fully saturated rings. The fourth-order valence-electron chi connectivity index (χ4n) is 3.42. The van der Waals surface area contributed by atoms with E-state index in [1.807, 2.05) is 0 Å². The Hall–Kier alpha value is -0.980. The van der Waals surface area contributed by atoms with Crippen LogP contribution in [0.25, 0.3) is 0 Å². The number of anilines is 1.